The minimum atomic E-state index is -0.0559. The highest BCUT2D eigenvalue weighted by Gasteiger charge is 2.46. The number of hydrogen-bond donors (Lipinski definition) is 1. The number of rotatable bonds is 3. The lowest BCUT2D eigenvalue weighted by Gasteiger charge is -2.39. The summed E-state index contributed by atoms with van der Waals surface area (Å²) in [6.07, 6.45) is 2.84. The quantitative estimate of drug-likeness (QED) is 0.917. The highest BCUT2D eigenvalue weighted by atomic mass is 32.1. The largest absolute Gasteiger partial charge is 0.350 e. The Morgan fingerprint density at radius 3 is 2.56 bits per heavy atom. The molecule has 1 unspecified atom stereocenters. The van der Waals surface area contributed by atoms with E-state index < -0.39 is 0 Å². The summed E-state index contributed by atoms with van der Waals surface area (Å²) in [5.74, 6) is 0.586. The maximum atomic E-state index is 12.5. The second kappa shape index (κ2) is 6.41. The summed E-state index contributed by atoms with van der Waals surface area (Å²) in [5, 5.41) is 14.1. The molecule has 1 amide bonds. The monoisotopic (exact) mass is 356 g/mol. The van der Waals surface area contributed by atoms with Crippen molar-refractivity contribution in [3.63, 3.8) is 0 Å². The molecule has 2 aromatic rings. The molecule has 2 saturated heterocycles. The molecule has 6 heteroatoms. The van der Waals surface area contributed by atoms with Crippen LogP contribution in [0, 0.1) is 0 Å². The molecule has 0 bridgehead atoms. The SMILES string of the molecule is CC(C)c1nnc(N2CCC3(CC2)CC(c2ccccc2)C(=O)N3)s1. The van der Waals surface area contributed by atoms with Gasteiger partial charge in [0.05, 0.1) is 5.92 Å². The first-order valence-corrected chi connectivity index (χ1v) is 9.83. The van der Waals surface area contributed by atoms with Gasteiger partial charge in [-0.25, -0.2) is 0 Å². The van der Waals surface area contributed by atoms with Gasteiger partial charge in [-0.15, -0.1) is 10.2 Å². The fraction of sp³-hybridized carbons (Fsp3) is 0.526. The van der Waals surface area contributed by atoms with E-state index in [4.69, 9.17) is 0 Å². The Labute approximate surface area is 152 Å². The highest BCUT2D eigenvalue weighted by molar-refractivity contribution is 7.15. The Bertz CT molecular complexity index is 750. The first kappa shape index (κ1) is 16.5. The van der Waals surface area contributed by atoms with Crippen LogP contribution in [0.5, 0.6) is 0 Å². The maximum absolute atomic E-state index is 12.5. The number of aromatic nitrogens is 2. The number of nitrogens with one attached hydrogen (secondary N) is 1. The molecule has 1 aromatic carbocycles. The van der Waals surface area contributed by atoms with Crippen LogP contribution in [-0.2, 0) is 4.79 Å². The van der Waals surface area contributed by atoms with Gasteiger partial charge < -0.3 is 10.2 Å². The molecule has 1 spiro atoms. The summed E-state index contributed by atoms with van der Waals surface area (Å²) < 4.78 is 0. The Morgan fingerprint density at radius 1 is 1.20 bits per heavy atom. The fourth-order valence-electron chi connectivity index (χ4n) is 3.88. The summed E-state index contributed by atoms with van der Waals surface area (Å²) in [7, 11) is 0. The second-order valence-electron chi connectivity index (χ2n) is 7.50. The van der Waals surface area contributed by atoms with E-state index in [-0.39, 0.29) is 17.4 Å². The Hall–Kier alpha value is -1.95. The van der Waals surface area contributed by atoms with Gasteiger partial charge in [0, 0.05) is 24.5 Å². The molecule has 3 heterocycles. The summed E-state index contributed by atoms with van der Waals surface area (Å²) >= 11 is 1.69. The van der Waals surface area contributed by atoms with Crippen LogP contribution in [0.25, 0.3) is 0 Å². The molecular formula is C19H24N4OS. The lowest BCUT2D eigenvalue weighted by Crippen LogP contribution is -2.51. The summed E-state index contributed by atoms with van der Waals surface area (Å²) in [6, 6.07) is 10.1. The van der Waals surface area contributed by atoms with Crippen molar-refractivity contribution in [1.29, 1.82) is 0 Å². The summed E-state index contributed by atoms with van der Waals surface area (Å²) in [4.78, 5) is 14.8. The molecule has 132 valence electrons. The van der Waals surface area contributed by atoms with Crippen molar-refractivity contribution < 1.29 is 4.79 Å². The lowest BCUT2D eigenvalue weighted by atomic mass is 9.82. The minimum absolute atomic E-state index is 0.0122. The molecule has 5 nitrogen and oxygen atoms in total. The van der Waals surface area contributed by atoms with Gasteiger partial charge in [-0.3, -0.25) is 4.79 Å². The van der Waals surface area contributed by atoms with Gasteiger partial charge in [-0.1, -0.05) is 55.5 Å². The number of anilines is 1. The third-order valence-corrected chi connectivity index (χ3v) is 6.70. The first-order chi connectivity index (χ1) is 12.1. The Kier molecular flexibility index (Phi) is 4.23. The van der Waals surface area contributed by atoms with E-state index in [1.807, 2.05) is 18.2 Å². The standard InChI is InChI=1S/C19H24N4OS/c1-13(2)17-21-22-18(25-17)23-10-8-19(9-11-23)12-15(16(24)20-19)14-6-4-3-5-7-14/h3-7,13,15H,8-12H2,1-2H3,(H,20,24). The molecule has 1 atom stereocenters. The van der Waals surface area contributed by atoms with Crippen LogP contribution in [0.1, 0.15) is 55.5 Å². The molecule has 0 aliphatic carbocycles. The number of carbonyl (C=O) groups is 1. The Balaban J connectivity index is 1.43. The van der Waals surface area contributed by atoms with Gasteiger partial charge in [-0.05, 0) is 24.8 Å². The third-order valence-electron chi connectivity index (χ3n) is 5.42. The van der Waals surface area contributed by atoms with Crippen molar-refractivity contribution in [3.8, 4) is 0 Å². The van der Waals surface area contributed by atoms with Crippen molar-refractivity contribution in [2.24, 2.45) is 0 Å². The minimum Gasteiger partial charge on any atom is -0.350 e. The molecular weight excluding hydrogens is 332 g/mol. The zero-order valence-corrected chi connectivity index (χ0v) is 15.6. The summed E-state index contributed by atoms with van der Waals surface area (Å²) in [5.41, 5.74) is 1.07. The molecule has 0 saturated carbocycles. The average Bonchev–Trinajstić information content (AvgIpc) is 3.22. The van der Waals surface area contributed by atoms with E-state index in [2.05, 4.69) is 46.4 Å². The van der Waals surface area contributed by atoms with Crippen molar-refractivity contribution in [3.05, 3.63) is 40.9 Å². The molecule has 2 fully saturated rings. The molecule has 2 aliphatic rings. The van der Waals surface area contributed by atoms with E-state index in [1.165, 1.54) is 0 Å². The predicted molar refractivity (Wildman–Crippen MR) is 100 cm³/mol. The fourth-order valence-corrected chi connectivity index (χ4v) is 4.78. The zero-order valence-electron chi connectivity index (χ0n) is 14.7. The summed E-state index contributed by atoms with van der Waals surface area (Å²) in [6.45, 7) is 6.14. The van der Waals surface area contributed by atoms with Gasteiger partial charge in [0.25, 0.3) is 0 Å². The van der Waals surface area contributed by atoms with Crippen LogP contribution in [-0.4, -0.2) is 34.7 Å². The van der Waals surface area contributed by atoms with E-state index in [0.29, 0.717) is 5.92 Å². The van der Waals surface area contributed by atoms with Crippen LogP contribution in [0.15, 0.2) is 30.3 Å². The van der Waals surface area contributed by atoms with Crippen LogP contribution < -0.4 is 10.2 Å². The molecule has 1 N–H and O–H groups in total. The highest BCUT2D eigenvalue weighted by Crippen LogP contribution is 2.40. The van der Waals surface area contributed by atoms with Crippen LogP contribution in [0.4, 0.5) is 5.13 Å². The van der Waals surface area contributed by atoms with Crippen LogP contribution in [0.3, 0.4) is 0 Å². The van der Waals surface area contributed by atoms with E-state index in [0.717, 1.165) is 48.1 Å². The van der Waals surface area contributed by atoms with Gasteiger partial charge in [0.15, 0.2) is 0 Å². The predicted octanol–water partition coefficient (Wildman–Crippen LogP) is 3.30. The lowest BCUT2D eigenvalue weighted by molar-refractivity contribution is -0.121. The Morgan fingerprint density at radius 2 is 1.92 bits per heavy atom. The van der Waals surface area contributed by atoms with E-state index >= 15 is 0 Å². The van der Waals surface area contributed by atoms with Crippen molar-refractivity contribution in [1.82, 2.24) is 15.5 Å². The number of amides is 1. The molecule has 2 aliphatic heterocycles. The van der Waals surface area contributed by atoms with E-state index in [1.54, 1.807) is 11.3 Å². The first-order valence-electron chi connectivity index (χ1n) is 9.02. The number of piperidine rings is 1. The zero-order chi connectivity index (χ0) is 17.4. The second-order valence-corrected chi connectivity index (χ2v) is 8.49. The maximum Gasteiger partial charge on any atom is 0.228 e. The van der Waals surface area contributed by atoms with Crippen molar-refractivity contribution >= 4 is 22.4 Å². The molecule has 0 radical (unpaired) electrons. The number of hydrogen-bond acceptors (Lipinski definition) is 5. The molecule has 25 heavy (non-hydrogen) atoms. The van der Waals surface area contributed by atoms with Crippen LogP contribution in [0.2, 0.25) is 0 Å². The van der Waals surface area contributed by atoms with Crippen LogP contribution >= 0.6 is 11.3 Å². The number of carbonyl (C=O) groups excluding carboxylic acids is 1. The van der Waals surface area contributed by atoms with Gasteiger partial charge in [-0.2, -0.15) is 0 Å². The topological polar surface area (TPSA) is 58.1 Å². The average molecular weight is 356 g/mol. The van der Waals surface area contributed by atoms with Crippen molar-refractivity contribution in [2.45, 2.75) is 50.5 Å². The normalized spacial score (nSPS) is 22.6. The molecule has 4 rings (SSSR count). The van der Waals surface area contributed by atoms with Gasteiger partial charge in [0.1, 0.15) is 5.01 Å². The molecule has 1 aromatic heterocycles. The third kappa shape index (κ3) is 3.15. The smallest absolute Gasteiger partial charge is 0.228 e. The van der Waals surface area contributed by atoms with Gasteiger partial charge >= 0.3 is 0 Å². The van der Waals surface area contributed by atoms with Gasteiger partial charge in [0.2, 0.25) is 11.0 Å². The van der Waals surface area contributed by atoms with Crippen molar-refractivity contribution in [2.75, 3.05) is 18.0 Å². The number of nitrogens with zero attached hydrogens (tertiary/aromatic N) is 3. The number of benzene rings is 1. The van der Waals surface area contributed by atoms with E-state index in [9.17, 15) is 4.79 Å².